The molecule has 4 N–H and O–H groups in total. The van der Waals surface area contributed by atoms with Crippen LogP contribution < -0.4 is 5.73 Å². The molecular weight excluding hydrogens is 314 g/mol. The number of nitrogen functional groups attached to an aromatic ring is 1. The number of unbranched alkanes of at least 4 members (excludes halogenated alkanes) is 1. The largest absolute Gasteiger partial charge is 0.418 e. The summed E-state index contributed by atoms with van der Waals surface area (Å²) in [6.45, 7) is 0. The SMILES string of the molecule is Nc1cc(SCCCCP(=O)(O)O)ccc1C(F)(F)F. The van der Waals surface area contributed by atoms with Crippen molar-refractivity contribution in [3.63, 3.8) is 0 Å². The number of anilines is 1. The average Bonchev–Trinajstić information content (AvgIpc) is 2.25. The molecule has 0 spiro atoms. The molecule has 0 aliphatic heterocycles. The van der Waals surface area contributed by atoms with Crippen LogP contribution in [0.1, 0.15) is 18.4 Å². The first kappa shape index (κ1) is 17.4. The lowest BCUT2D eigenvalue weighted by atomic mass is 10.2. The van der Waals surface area contributed by atoms with Crippen LogP contribution >= 0.6 is 19.4 Å². The van der Waals surface area contributed by atoms with E-state index in [0.717, 1.165) is 6.07 Å². The zero-order valence-electron chi connectivity index (χ0n) is 10.4. The van der Waals surface area contributed by atoms with Crippen LogP contribution in [0, 0.1) is 0 Å². The number of halogens is 3. The van der Waals surface area contributed by atoms with E-state index < -0.39 is 19.3 Å². The first-order valence-electron chi connectivity index (χ1n) is 5.74. The molecule has 0 atom stereocenters. The molecule has 0 aliphatic rings. The Labute approximate surface area is 118 Å². The fourth-order valence-electron chi connectivity index (χ4n) is 1.50. The van der Waals surface area contributed by atoms with Gasteiger partial charge in [-0.1, -0.05) is 0 Å². The van der Waals surface area contributed by atoms with E-state index in [2.05, 4.69) is 0 Å². The maximum Gasteiger partial charge on any atom is 0.418 e. The first-order valence-corrected chi connectivity index (χ1v) is 8.52. The monoisotopic (exact) mass is 329 g/mol. The summed E-state index contributed by atoms with van der Waals surface area (Å²) in [5, 5.41) is 0. The molecule has 9 heteroatoms. The normalized spacial score (nSPS) is 12.7. The van der Waals surface area contributed by atoms with Gasteiger partial charge in [0.2, 0.25) is 0 Å². The molecular formula is C11H15F3NO3PS. The van der Waals surface area contributed by atoms with Crippen LogP contribution in [0.5, 0.6) is 0 Å². The minimum Gasteiger partial charge on any atom is -0.398 e. The second kappa shape index (κ2) is 6.85. The number of alkyl halides is 3. The van der Waals surface area contributed by atoms with E-state index in [4.69, 9.17) is 15.5 Å². The van der Waals surface area contributed by atoms with E-state index >= 15 is 0 Å². The van der Waals surface area contributed by atoms with E-state index in [1.54, 1.807) is 0 Å². The highest BCUT2D eigenvalue weighted by Crippen LogP contribution is 2.37. The second-order valence-corrected chi connectivity index (χ2v) is 7.14. The van der Waals surface area contributed by atoms with Gasteiger partial charge in [-0.15, -0.1) is 11.8 Å². The molecule has 114 valence electrons. The molecule has 0 amide bonds. The van der Waals surface area contributed by atoms with Gasteiger partial charge in [-0.05, 0) is 36.8 Å². The van der Waals surface area contributed by atoms with Crippen molar-refractivity contribution in [2.24, 2.45) is 0 Å². The predicted molar refractivity (Wildman–Crippen MR) is 72.7 cm³/mol. The van der Waals surface area contributed by atoms with Crippen molar-refractivity contribution in [2.45, 2.75) is 23.9 Å². The summed E-state index contributed by atoms with van der Waals surface area (Å²) in [6, 6.07) is 3.54. The zero-order valence-corrected chi connectivity index (χ0v) is 12.1. The van der Waals surface area contributed by atoms with Crippen molar-refractivity contribution in [3.8, 4) is 0 Å². The third kappa shape index (κ3) is 6.17. The molecule has 4 nitrogen and oxygen atoms in total. The van der Waals surface area contributed by atoms with Gasteiger partial charge in [0.25, 0.3) is 0 Å². The third-order valence-corrected chi connectivity index (χ3v) is 4.42. The Kier molecular flexibility index (Phi) is 5.94. The molecule has 0 aliphatic carbocycles. The Bertz CT molecular complexity index is 504. The van der Waals surface area contributed by atoms with Crippen LogP contribution in [0.2, 0.25) is 0 Å². The first-order chi connectivity index (χ1) is 9.09. The predicted octanol–water partition coefficient (Wildman–Crippen LogP) is 3.34. The quantitative estimate of drug-likeness (QED) is 0.323. The average molecular weight is 329 g/mol. The van der Waals surface area contributed by atoms with Crippen molar-refractivity contribution in [2.75, 3.05) is 17.6 Å². The van der Waals surface area contributed by atoms with E-state index in [9.17, 15) is 17.7 Å². The molecule has 0 unspecified atom stereocenters. The van der Waals surface area contributed by atoms with Crippen LogP contribution in [-0.4, -0.2) is 21.7 Å². The van der Waals surface area contributed by atoms with Crippen LogP contribution in [-0.2, 0) is 10.7 Å². The highest BCUT2D eigenvalue weighted by atomic mass is 32.2. The molecule has 20 heavy (non-hydrogen) atoms. The van der Waals surface area contributed by atoms with Crippen molar-refractivity contribution < 1.29 is 27.5 Å². The molecule has 0 aromatic heterocycles. The molecule has 0 saturated carbocycles. The van der Waals surface area contributed by atoms with Gasteiger partial charge in [0, 0.05) is 16.7 Å². The second-order valence-electron chi connectivity index (χ2n) is 4.19. The van der Waals surface area contributed by atoms with E-state index in [0.29, 0.717) is 23.5 Å². The number of hydrogen-bond donors (Lipinski definition) is 3. The van der Waals surface area contributed by atoms with Gasteiger partial charge < -0.3 is 15.5 Å². The molecule has 1 rings (SSSR count). The molecule has 0 saturated heterocycles. The lowest BCUT2D eigenvalue weighted by Crippen LogP contribution is -2.08. The van der Waals surface area contributed by atoms with Crippen LogP contribution in [0.15, 0.2) is 23.1 Å². The summed E-state index contributed by atoms with van der Waals surface area (Å²) in [7, 11) is -3.97. The van der Waals surface area contributed by atoms with Gasteiger partial charge in [-0.25, -0.2) is 0 Å². The van der Waals surface area contributed by atoms with Crippen molar-refractivity contribution in [1.29, 1.82) is 0 Å². The molecule has 0 radical (unpaired) electrons. The fraction of sp³-hybridized carbons (Fsp3) is 0.455. The van der Waals surface area contributed by atoms with Gasteiger partial charge >= 0.3 is 13.8 Å². The maximum atomic E-state index is 12.5. The number of thioether (sulfide) groups is 1. The van der Waals surface area contributed by atoms with Gasteiger partial charge in [0.05, 0.1) is 5.56 Å². The van der Waals surface area contributed by atoms with Crippen LogP contribution in [0.25, 0.3) is 0 Å². The fourth-order valence-corrected chi connectivity index (χ4v) is 3.09. The van der Waals surface area contributed by atoms with E-state index in [1.165, 1.54) is 23.9 Å². The van der Waals surface area contributed by atoms with E-state index in [1.807, 2.05) is 0 Å². The zero-order chi connectivity index (χ0) is 15.4. The summed E-state index contributed by atoms with van der Waals surface area (Å²) in [5.41, 5.74) is 4.18. The van der Waals surface area contributed by atoms with Gasteiger partial charge in [-0.3, -0.25) is 4.57 Å². The molecule has 1 aromatic rings. The Morgan fingerprint density at radius 3 is 2.40 bits per heavy atom. The summed E-state index contributed by atoms with van der Waals surface area (Å²) in [6.07, 6.45) is -3.70. The Morgan fingerprint density at radius 1 is 1.25 bits per heavy atom. The van der Waals surface area contributed by atoms with Gasteiger partial charge in [0.15, 0.2) is 0 Å². The summed E-state index contributed by atoms with van der Waals surface area (Å²) in [5.74, 6) is 0.560. The van der Waals surface area contributed by atoms with Crippen LogP contribution in [0.4, 0.5) is 18.9 Å². The van der Waals surface area contributed by atoms with Crippen LogP contribution in [0.3, 0.4) is 0 Å². The Morgan fingerprint density at radius 2 is 1.90 bits per heavy atom. The Hall–Kier alpha value is -0.690. The van der Waals surface area contributed by atoms with Crippen molar-refractivity contribution >= 4 is 25.0 Å². The standard InChI is InChI=1S/C11H15F3NO3PS/c12-11(13,14)9-4-3-8(7-10(9)15)20-6-2-1-5-19(16,17)18/h3-4,7H,1-2,5-6,15H2,(H2,16,17,18). The third-order valence-electron chi connectivity index (χ3n) is 2.44. The van der Waals surface area contributed by atoms with Crippen molar-refractivity contribution in [3.05, 3.63) is 23.8 Å². The van der Waals surface area contributed by atoms with E-state index in [-0.39, 0.29) is 11.8 Å². The van der Waals surface area contributed by atoms with Crippen molar-refractivity contribution in [1.82, 2.24) is 0 Å². The number of rotatable bonds is 6. The molecule has 1 aromatic carbocycles. The smallest absolute Gasteiger partial charge is 0.398 e. The molecule has 0 bridgehead atoms. The lowest BCUT2D eigenvalue weighted by Gasteiger charge is -2.11. The lowest BCUT2D eigenvalue weighted by molar-refractivity contribution is -0.136. The topological polar surface area (TPSA) is 83.6 Å². The summed E-state index contributed by atoms with van der Waals surface area (Å²) < 4.78 is 48.1. The summed E-state index contributed by atoms with van der Waals surface area (Å²) >= 11 is 1.30. The maximum absolute atomic E-state index is 12.5. The highest BCUT2D eigenvalue weighted by molar-refractivity contribution is 7.99. The van der Waals surface area contributed by atoms with Gasteiger partial charge in [-0.2, -0.15) is 13.2 Å². The highest BCUT2D eigenvalue weighted by Gasteiger charge is 2.32. The number of hydrogen-bond acceptors (Lipinski definition) is 3. The Balaban J connectivity index is 2.46. The minimum atomic E-state index is -4.46. The molecule has 0 heterocycles. The molecule has 0 fully saturated rings. The number of benzene rings is 1. The minimum absolute atomic E-state index is 0.178. The van der Waals surface area contributed by atoms with Gasteiger partial charge in [0.1, 0.15) is 0 Å². The number of nitrogens with two attached hydrogens (primary N) is 1. The summed E-state index contributed by atoms with van der Waals surface area (Å²) in [4.78, 5) is 17.9.